The topological polar surface area (TPSA) is 85.9 Å². The van der Waals surface area contributed by atoms with Crippen molar-refractivity contribution >= 4 is 6.16 Å². The number of ether oxygens (including phenoxy) is 1. The highest BCUT2D eigenvalue weighted by Gasteiger charge is 2.26. The summed E-state index contributed by atoms with van der Waals surface area (Å²) in [6, 6.07) is 0. The number of hydrogen-bond donors (Lipinski definition) is 1. The van der Waals surface area contributed by atoms with E-state index in [-0.39, 0.29) is 12.3 Å². The summed E-state index contributed by atoms with van der Waals surface area (Å²) in [5.41, 5.74) is 0.353. The average Bonchev–Trinajstić information content (AvgIpc) is 1.93. The molecule has 0 bridgehead atoms. The second-order valence-electron chi connectivity index (χ2n) is 4.23. The van der Waals surface area contributed by atoms with Gasteiger partial charge in [-0.3, -0.25) is 0 Å². The van der Waals surface area contributed by atoms with E-state index < -0.39 is 6.16 Å². The largest absolute Gasteiger partial charge is 0.546 e. The Morgan fingerprint density at radius 1 is 1.38 bits per heavy atom. The van der Waals surface area contributed by atoms with E-state index in [1.54, 1.807) is 0 Å². The van der Waals surface area contributed by atoms with Gasteiger partial charge in [0.1, 0.15) is 0 Å². The molecule has 0 aromatic carbocycles. The number of quaternary nitrogens is 1. The van der Waals surface area contributed by atoms with Crippen LogP contribution in [-0.2, 0) is 4.74 Å². The molecule has 4 N–H and O–H groups in total. The lowest BCUT2D eigenvalue weighted by atomic mass is 9.76. The number of carboxylic acid groups (broad SMARTS) is 1. The molecule has 0 radical (unpaired) electrons. The summed E-state index contributed by atoms with van der Waals surface area (Å²) in [4.78, 5) is 10.1. The van der Waals surface area contributed by atoms with Crippen LogP contribution in [0.5, 0.6) is 0 Å². The van der Waals surface area contributed by atoms with Crippen LogP contribution in [0.3, 0.4) is 0 Å². The van der Waals surface area contributed by atoms with E-state index in [1.807, 2.05) is 0 Å². The SMILES string of the molecule is CC1(C)CCC(OC(=O)[O-])CC1.[NH4+]. The van der Waals surface area contributed by atoms with Gasteiger partial charge in [-0.25, -0.2) is 0 Å². The van der Waals surface area contributed by atoms with Crippen molar-refractivity contribution in [2.45, 2.75) is 45.6 Å². The second kappa shape index (κ2) is 4.46. The van der Waals surface area contributed by atoms with Crippen molar-refractivity contribution < 1.29 is 14.6 Å². The van der Waals surface area contributed by atoms with E-state index >= 15 is 0 Å². The van der Waals surface area contributed by atoms with Crippen molar-refractivity contribution in [3.05, 3.63) is 0 Å². The summed E-state index contributed by atoms with van der Waals surface area (Å²) >= 11 is 0. The molecule has 0 spiro atoms. The highest BCUT2D eigenvalue weighted by molar-refractivity contribution is 5.54. The average molecular weight is 189 g/mol. The summed E-state index contributed by atoms with van der Waals surface area (Å²) in [5.74, 6) is 0. The number of hydrogen-bond acceptors (Lipinski definition) is 3. The van der Waals surface area contributed by atoms with Crippen LogP contribution in [0.2, 0.25) is 0 Å². The van der Waals surface area contributed by atoms with Crippen molar-refractivity contribution in [1.29, 1.82) is 0 Å². The van der Waals surface area contributed by atoms with Crippen LogP contribution in [0, 0.1) is 5.41 Å². The zero-order valence-electron chi connectivity index (χ0n) is 8.63. The van der Waals surface area contributed by atoms with Gasteiger partial charge in [0.2, 0.25) is 0 Å². The van der Waals surface area contributed by atoms with E-state index in [4.69, 9.17) is 0 Å². The van der Waals surface area contributed by atoms with Crippen molar-refractivity contribution in [2.24, 2.45) is 5.41 Å². The zero-order chi connectivity index (χ0) is 9.19. The molecule has 0 saturated heterocycles. The van der Waals surface area contributed by atoms with E-state index in [0.717, 1.165) is 25.7 Å². The predicted molar refractivity (Wildman–Crippen MR) is 48.5 cm³/mol. The molecule has 0 amide bonds. The van der Waals surface area contributed by atoms with Gasteiger partial charge >= 0.3 is 0 Å². The monoisotopic (exact) mass is 189 g/mol. The van der Waals surface area contributed by atoms with Gasteiger partial charge in [-0.05, 0) is 31.1 Å². The summed E-state index contributed by atoms with van der Waals surface area (Å²) in [6.45, 7) is 4.39. The van der Waals surface area contributed by atoms with Gasteiger partial charge in [-0.1, -0.05) is 13.8 Å². The molecule has 0 aromatic heterocycles. The Labute approximate surface area is 78.9 Å². The quantitative estimate of drug-likeness (QED) is 0.637. The van der Waals surface area contributed by atoms with Gasteiger partial charge in [0.05, 0.1) is 0 Å². The molecule has 13 heavy (non-hydrogen) atoms. The van der Waals surface area contributed by atoms with Gasteiger partial charge < -0.3 is 20.8 Å². The molecule has 1 aliphatic rings. The number of carbonyl (C=O) groups excluding carboxylic acids is 1. The van der Waals surface area contributed by atoms with Gasteiger partial charge in [-0.2, -0.15) is 0 Å². The van der Waals surface area contributed by atoms with Crippen LogP contribution in [0.15, 0.2) is 0 Å². The first-order chi connectivity index (χ1) is 5.49. The van der Waals surface area contributed by atoms with Gasteiger partial charge in [0.25, 0.3) is 6.16 Å². The molecule has 4 nitrogen and oxygen atoms in total. The first-order valence-electron chi connectivity index (χ1n) is 4.37. The Balaban J connectivity index is 0.00000144. The van der Waals surface area contributed by atoms with Crippen LogP contribution in [-0.4, -0.2) is 12.3 Å². The fourth-order valence-corrected chi connectivity index (χ4v) is 1.63. The molecule has 78 valence electrons. The predicted octanol–water partition coefficient (Wildman–Crippen LogP) is 1.69. The lowest BCUT2D eigenvalue weighted by molar-refractivity contribution is -0.289. The zero-order valence-corrected chi connectivity index (χ0v) is 8.63. The summed E-state index contributed by atoms with van der Waals surface area (Å²) in [7, 11) is 0. The van der Waals surface area contributed by atoms with Crippen molar-refractivity contribution in [3.63, 3.8) is 0 Å². The fourth-order valence-electron chi connectivity index (χ4n) is 1.63. The van der Waals surface area contributed by atoms with Crippen molar-refractivity contribution in [2.75, 3.05) is 0 Å². The smallest absolute Gasteiger partial charge is 0.252 e. The van der Waals surface area contributed by atoms with Gasteiger partial charge in [0, 0.05) is 6.10 Å². The van der Waals surface area contributed by atoms with E-state index in [2.05, 4.69) is 18.6 Å². The van der Waals surface area contributed by atoms with E-state index in [0.29, 0.717) is 5.41 Å². The molecule has 0 unspecified atom stereocenters. The second-order valence-corrected chi connectivity index (χ2v) is 4.23. The first-order valence-corrected chi connectivity index (χ1v) is 4.37. The molecule has 0 aromatic rings. The third-order valence-electron chi connectivity index (χ3n) is 2.55. The van der Waals surface area contributed by atoms with E-state index in [9.17, 15) is 9.90 Å². The number of rotatable bonds is 1. The standard InChI is InChI=1S/C9H16O3.H3N/c1-9(2)5-3-7(4-6-9)12-8(10)11;/h7H,3-6H2,1-2H3,(H,10,11);1H3. The number of carbonyl (C=O) groups is 1. The minimum absolute atomic E-state index is 0. The summed E-state index contributed by atoms with van der Waals surface area (Å²) in [6.07, 6.45) is 2.22. The molecular weight excluding hydrogens is 170 g/mol. The summed E-state index contributed by atoms with van der Waals surface area (Å²) < 4.78 is 4.59. The lowest BCUT2D eigenvalue weighted by Gasteiger charge is -2.35. The Bertz CT molecular complexity index is 170. The Morgan fingerprint density at radius 2 is 1.85 bits per heavy atom. The highest BCUT2D eigenvalue weighted by atomic mass is 16.7. The van der Waals surface area contributed by atoms with Crippen LogP contribution in [0.25, 0.3) is 0 Å². The molecule has 0 heterocycles. The highest BCUT2D eigenvalue weighted by Crippen LogP contribution is 2.35. The van der Waals surface area contributed by atoms with Crippen LogP contribution < -0.4 is 11.3 Å². The Kier molecular flexibility index (Phi) is 4.20. The fraction of sp³-hybridized carbons (Fsp3) is 0.889. The molecule has 1 rings (SSSR count). The summed E-state index contributed by atoms with van der Waals surface area (Å²) in [5, 5.41) is 10.1. The molecule has 1 saturated carbocycles. The maximum Gasteiger partial charge on any atom is 0.252 e. The van der Waals surface area contributed by atoms with Crippen LogP contribution in [0.4, 0.5) is 4.79 Å². The Hall–Kier alpha value is -0.770. The van der Waals surface area contributed by atoms with E-state index in [1.165, 1.54) is 0 Å². The minimum Gasteiger partial charge on any atom is -0.546 e. The molecule has 1 fully saturated rings. The lowest BCUT2D eigenvalue weighted by Crippen LogP contribution is -2.33. The van der Waals surface area contributed by atoms with Crippen molar-refractivity contribution in [1.82, 2.24) is 6.15 Å². The Morgan fingerprint density at radius 3 is 2.23 bits per heavy atom. The maximum absolute atomic E-state index is 10.1. The van der Waals surface area contributed by atoms with Gasteiger partial charge in [-0.15, -0.1) is 0 Å². The molecule has 1 aliphatic carbocycles. The normalized spacial score (nSPS) is 21.7. The van der Waals surface area contributed by atoms with Crippen LogP contribution in [0.1, 0.15) is 39.5 Å². The third-order valence-corrected chi connectivity index (χ3v) is 2.55. The molecule has 0 aliphatic heterocycles. The van der Waals surface area contributed by atoms with Gasteiger partial charge in [0.15, 0.2) is 0 Å². The molecule has 0 atom stereocenters. The maximum atomic E-state index is 10.1. The van der Waals surface area contributed by atoms with Crippen molar-refractivity contribution in [3.8, 4) is 0 Å². The minimum atomic E-state index is -1.39. The third kappa shape index (κ3) is 4.12. The van der Waals surface area contributed by atoms with Crippen LogP contribution >= 0.6 is 0 Å². The first kappa shape index (κ1) is 12.2. The molecular formula is C9H19NO3. The molecule has 4 heteroatoms.